The van der Waals surface area contributed by atoms with E-state index in [9.17, 15) is 9.18 Å². The molecule has 2 saturated carbocycles. The van der Waals surface area contributed by atoms with Crippen molar-refractivity contribution in [3.05, 3.63) is 24.0 Å². The lowest BCUT2D eigenvalue weighted by Crippen LogP contribution is -2.48. The topological polar surface area (TPSA) is 83.8 Å². The number of anilines is 1. The third-order valence-electron chi connectivity index (χ3n) is 5.55. The number of nitrogens with one attached hydrogen (secondary N) is 2. The van der Waals surface area contributed by atoms with Crippen molar-refractivity contribution < 1.29 is 9.18 Å². The Labute approximate surface area is 133 Å². The number of amides is 1. The van der Waals surface area contributed by atoms with Crippen molar-refractivity contribution in [1.82, 2.24) is 10.2 Å². The summed E-state index contributed by atoms with van der Waals surface area (Å²) in [5.41, 5.74) is 7.00. The lowest BCUT2D eigenvalue weighted by molar-refractivity contribution is -0.122. The van der Waals surface area contributed by atoms with Crippen molar-refractivity contribution in [3.8, 4) is 0 Å². The highest BCUT2D eigenvalue weighted by molar-refractivity contribution is 6.00. The number of nitrogens with two attached hydrogens (primary N) is 1. The van der Waals surface area contributed by atoms with Crippen LogP contribution in [-0.2, 0) is 4.79 Å². The maximum Gasteiger partial charge on any atom is 0.228 e. The molecule has 1 amide bonds. The molecule has 1 heterocycles. The van der Waals surface area contributed by atoms with Crippen molar-refractivity contribution in [3.63, 3.8) is 0 Å². The van der Waals surface area contributed by atoms with E-state index in [0.717, 1.165) is 25.7 Å². The zero-order valence-electron chi connectivity index (χ0n) is 12.9. The molecule has 0 spiro atoms. The Balaban J connectivity index is 1.52. The smallest absolute Gasteiger partial charge is 0.228 e. The molecule has 2 atom stereocenters. The Bertz CT molecular complexity index is 729. The number of halogens is 1. The van der Waals surface area contributed by atoms with Gasteiger partial charge in [-0.05, 0) is 55.7 Å². The van der Waals surface area contributed by atoms with Crippen molar-refractivity contribution in [2.75, 3.05) is 5.32 Å². The van der Waals surface area contributed by atoms with Gasteiger partial charge < -0.3 is 11.1 Å². The SMILES string of the molecule is NC1C2CCCC1CC(C(=O)Nc1n[nH]c3ccc(F)cc13)C2. The van der Waals surface area contributed by atoms with Crippen molar-refractivity contribution in [1.29, 1.82) is 0 Å². The molecular formula is C17H21FN4O. The minimum atomic E-state index is -0.340. The molecule has 0 aliphatic heterocycles. The summed E-state index contributed by atoms with van der Waals surface area (Å²) < 4.78 is 13.4. The van der Waals surface area contributed by atoms with Crippen LogP contribution in [-0.4, -0.2) is 22.1 Å². The predicted octanol–water partition coefficient (Wildman–Crippen LogP) is 2.79. The van der Waals surface area contributed by atoms with E-state index < -0.39 is 0 Å². The molecule has 4 N–H and O–H groups in total. The molecule has 0 saturated heterocycles. The molecular weight excluding hydrogens is 295 g/mol. The van der Waals surface area contributed by atoms with Crippen LogP contribution in [0.15, 0.2) is 18.2 Å². The molecule has 2 unspecified atom stereocenters. The molecule has 6 heteroatoms. The standard InChI is InChI=1S/C17H21FN4O/c18-12-4-5-14-13(8-12)16(22-21-14)20-17(23)11-6-9-2-1-3-10(7-11)15(9)19/h4-5,8-11,15H,1-3,6-7,19H2,(H2,20,21,22,23). The maximum atomic E-state index is 13.4. The molecule has 0 radical (unpaired) electrons. The van der Waals surface area contributed by atoms with Gasteiger partial charge in [0, 0.05) is 17.3 Å². The summed E-state index contributed by atoms with van der Waals surface area (Å²) in [6.45, 7) is 0. The van der Waals surface area contributed by atoms with E-state index in [1.807, 2.05) is 0 Å². The molecule has 2 aliphatic carbocycles. The fourth-order valence-electron chi connectivity index (χ4n) is 4.30. The number of hydrogen-bond acceptors (Lipinski definition) is 3. The second kappa shape index (κ2) is 5.60. The number of carbonyl (C=O) groups excluding carboxylic acids is 1. The summed E-state index contributed by atoms with van der Waals surface area (Å²) in [7, 11) is 0. The molecule has 5 nitrogen and oxygen atoms in total. The minimum absolute atomic E-state index is 0.0218. The highest BCUT2D eigenvalue weighted by Gasteiger charge is 2.40. The second-order valence-electron chi connectivity index (χ2n) is 6.95. The van der Waals surface area contributed by atoms with E-state index in [1.165, 1.54) is 18.6 Å². The van der Waals surface area contributed by atoms with Crippen LogP contribution >= 0.6 is 0 Å². The van der Waals surface area contributed by atoms with Crippen LogP contribution in [0.5, 0.6) is 0 Å². The van der Waals surface area contributed by atoms with Gasteiger partial charge in [-0.1, -0.05) is 6.42 Å². The zero-order valence-corrected chi connectivity index (χ0v) is 12.9. The zero-order chi connectivity index (χ0) is 16.0. The number of nitrogens with zero attached hydrogens (tertiary/aromatic N) is 1. The van der Waals surface area contributed by atoms with Crippen molar-refractivity contribution >= 4 is 22.6 Å². The van der Waals surface area contributed by atoms with Gasteiger partial charge in [-0.3, -0.25) is 9.89 Å². The highest BCUT2D eigenvalue weighted by Crippen LogP contribution is 2.42. The van der Waals surface area contributed by atoms with Gasteiger partial charge in [0.1, 0.15) is 5.82 Å². The third-order valence-corrected chi connectivity index (χ3v) is 5.55. The monoisotopic (exact) mass is 316 g/mol. The van der Waals surface area contributed by atoms with Crippen molar-refractivity contribution in [2.24, 2.45) is 23.5 Å². The first-order valence-electron chi connectivity index (χ1n) is 8.32. The number of fused-ring (bicyclic) bond motifs is 3. The molecule has 1 aromatic carbocycles. The van der Waals surface area contributed by atoms with Gasteiger partial charge in [-0.2, -0.15) is 5.10 Å². The average molecular weight is 316 g/mol. The largest absolute Gasteiger partial charge is 0.327 e. The summed E-state index contributed by atoms with van der Waals surface area (Å²) in [4.78, 5) is 12.6. The Hall–Kier alpha value is -1.95. The van der Waals surface area contributed by atoms with Crippen molar-refractivity contribution in [2.45, 2.75) is 38.1 Å². The molecule has 2 bridgehead atoms. The average Bonchev–Trinajstić information content (AvgIpc) is 2.89. The maximum absolute atomic E-state index is 13.4. The van der Waals surface area contributed by atoms with Crippen LogP contribution in [0.3, 0.4) is 0 Å². The second-order valence-corrected chi connectivity index (χ2v) is 6.95. The number of hydrogen-bond donors (Lipinski definition) is 3. The third kappa shape index (κ3) is 2.61. The van der Waals surface area contributed by atoms with E-state index in [2.05, 4.69) is 15.5 Å². The van der Waals surface area contributed by atoms with Crippen LogP contribution < -0.4 is 11.1 Å². The van der Waals surface area contributed by atoms with Gasteiger partial charge in [0.2, 0.25) is 5.91 Å². The van der Waals surface area contributed by atoms with E-state index in [0.29, 0.717) is 28.6 Å². The number of aromatic amines is 1. The summed E-state index contributed by atoms with van der Waals surface area (Å²) in [6, 6.07) is 4.63. The van der Waals surface area contributed by atoms with Gasteiger partial charge >= 0.3 is 0 Å². The lowest BCUT2D eigenvalue weighted by atomic mass is 9.65. The molecule has 2 aliphatic rings. The van der Waals surface area contributed by atoms with Gasteiger partial charge in [-0.25, -0.2) is 4.39 Å². The molecule has 2 fully saturated rings. The molecule has 2 aromatic rings. The number of H-pyrrole nitrogens is 1. The first-order chi connectivity index (χ1) is 11.1. The Morgan fingerprint density at radius 2 is 2.04 bits per heavy atom. The van der Waals surface area contributed by atoms with E-state index in [4.69, 9.17) is 5.73 Å². The fraction of sp³-hybridized carbons (Fsp3) is 0.529. The van der Waals surface area contributed by atoms with Crippen LogP contribution in [0.1, 0.15) is 32.1 Å². The van der Waals surface area contributed by atoms with E-state index in [1.54, 1.807) is 6.07 Å². The van der Waals surface area contributed by atoms with Crippen LogP contribution in [0.2, 0.25) is 0 Å². The number of carbonyl (C=O) groups is 1. The van der Waals surface area contributed by atoms with Gasteiger partial charge in [0.25, 0.3) is 0 Å². The molecule has 122 valence electrons. The first kappa shape index (κ1) is 14.6. The van der Waals surface area contributed by atoms with Gasteiger partial charge in [0.15, 0.2) is 5.82 Å². The van der Waals surface area contributed by atoms with E-state index >= 15 is 0 Å². The summed E-state index contributed by atoms with van der Waals surface area (Å²) in [5, 5.41) is 10.4. The number of aromatic nitrogens is 2. The van der Waals surface area contributed by atoms with Gasteiger partial charge in [0.05, 0.1) is 5.52 Å². The van der Waals surface area contributed by atoms with Crippen LogP contribution in [0.25, 0.3) is 10.9 Å². The quantitative estimate of drug-likeness (QED) is 0.796. The Morgan fingerprint density at radius 1 is 1.30 bits per heavy atom. The summed E-state index contributed by atoms with van der Waals surface area (Å²) in [5.74, 6) is 0.923. The number of benzene rings is 1. The summed E-state index contributed by atoms with van der Waals surface area (Å²) in [6.07, 6.45) is 5.16. The predicted molar refractivity (Wildman–Crippen MR) is 86.2 cm³/mol. The summed E-state index contributed by atoms with van der Waals surface area (Å²) >= 11 is 0. The lowest BCUT2D eigenvalue weighted by Gasteiger charge is -2.43. The number of rotatable bonds is 2. The highest BCUT2D eigenvalue weighted by atomic mass is 19.1. The van der Waals surface area contributed by atoms with Crippen LogP contribution in [0.4, 0.5) is 10.2 Å². The Morgan fingerprint density at radius 3 is 2.78 bits per heavy atom. The minimum Gasteiger partial charge on any atom is -0.327 e. The molecule has 1 aromatic heterocycles. The Kier molecular flexibility index (Phi) is 3.56. The molecule has 4 rings (SSSR count). The van der Waals surface area contributed by atoms with E-state index in [-0.39, 0.29) is 23.7 Å². The van der Waals surface area contributed by atoms with Gasteiger partial charge in [-0.15, -0.1) is 0 Å². The molecule has 23 heavy (non-hydrogen) atoms. The fourth-order valence-corrected chi connectivity index (χ4v) is 4.30. The van der Waals surface area contributed by atoms with Crippen LogP contribution in [0, 0.1) is 23.6 Å². The normalized spacial score (nSPS) is 30.3. The first-order valence-corrected chi connectivity index (χ1v) is 8.32.